The number of hydrogen-bond acceptors (Lipinski definition) is 5. The standard InChI is InChI=1S/C14H18N4O3/c1-10-13(7-16-21-10)14(19)17-11-6-15-18(8-11)9-12-4-2-3-5-20-12/h6-8,12H,2-5,9H2,1H3,(H,17,19)/t12-/m0/s1. The molecule has 3 heterocycles. The normalized spacial score (nSPS) is 18.6. The van der Waals surface area contributed by atoms with Crippen molar-refractivity contribution < 1.29 is 14.1 Å². The molecule has 1 aliphatic heterocycles. The molecule has 0 bridgehead atoms. The smallest absolute Gasteiger partial charge is 0.260 e. The Morgan fingerprint density at radius 1 is 1.48 bits per heavy atom. The Balaban J connectivity index is 1.60. The molecule has 7 nitrogen and oxygen atoms in total. The number of rotatable bonds is 4. The average molecular weight is 290 g/mol. The van der Waals surface area contributed by atoms with Gasteiger partial charge < -0.3 is 14.6 Å². The first-order valence-electron chi connectivity index (χ1n) is 7.09. The van der Waals surface area contributed by atoms with Crippen LogP contribution in [-0.2, 0) is 11.3 Å². The molecular weight excluding hydrogens is 272 g/mol. The number of nitrogens with zero attached hydrogens (tertiary/aromatic N) is 3. The summed E-state index contributed by atoms with van der Waals surface area (Å²) < 4.78 is 12.4. The number of amides is 1. The first-order valence-corrected chi connectivity index (χ1v) is 7.09. The van der Waals surface area contributed by atoms with Gasteiger partial charge >= 0.3 is 0 Å². The molecule has 1 atom stereocenters. The molecule has 0 saturated carbocycles. The van der Waals surface area contributed by atoms with Gasteiger partial charge in [-0.15, -0.1) is 0 Å². The maximum atomic E-state index is 12.0. The summed E-state index contributed by atoms with van der Waals surface area (Å²) in [6.45, 7) is 3.23. The van der Waals surface area contributed by atoms with Crippen molar-refractivity contribution in [2.24, 2.45) is 0 Å². The summed E-state index contributed by atoms with van der Waals surface area (Å²) in [4.78, 5) is 12.0. The highest BCUT2D eigenvalue weighted by atomic mass is 16.5. The lowest BCUT2D eigenvalue weighted by Crippen LogP contribution is -2.24. The van der Waals surface area contributed by atoms with Gasteiger partial charge in [0.1, 0.15) is 11.3 Å². The van der Waals surface area contributed by atoms with Crippen molar-refractivity contribution >= 4 is 11.6 Å². The van der Waals surface area contributed by atoms with Gasteiger partial charge in [0.05, 0.1) is 30.7 Å². The number of carbonyl (C=O) groups excluding carboxylic acids is 1. The summed E-state index contributed by atoms with van der Waals surface area (Å²) in [6.07, 6.45) is 8.44. The van der Waals surface area contributed by atoms with Crippen LogP contribution in [0.25, 0.3) is 0 Å². The summed E-state index contributed by atoms with van der Waals surface area (Å²) in [6, 6.07) is 0. The Hall–Kier alpha value is -2.15. The Morgan fingerprint density at radius 3 is 3.10 bits per heavy atom. The lowest BCUT2D eigenvalue weighted by Gasteiger charge is -2.22. The molecule has 1 N–H and O–H groups in total. The molecular formula is C14H18N4O3. The fourth-order valence-corrected chi connectivity index (χ4v) is 2.40. The van der Waals surface area contributed by atoms with E-state index in [1.54, 1.807) is 24.0 Å². The molecule has 112 valence electrons. The van der Waals surface area contributed by atoms with Gasteiger partial charge in [-0.3, -0.25) is 9.48 Å². The molecule has 3 rings (SSSR count). The van der Waals surface area contributed by atoms with Crippen LogP contribution in [-0.4, -0.2) is 33.6 Å². The van der Waals surface area contributed by atoms with Crippen molar-refractivity contribution in [3.8, 4) is 0 Å². The number of aromatic nitrogens is 3. The fourth-order valence-electron chi connectivity index (χ4n) is 2.40. The highest BCUT2D eigenvalue weighted by Gasteiger charge is 2.16. The molecule has 0 unspecified atom stereocenters. The molecule has 21 heavy (non-hydrogen) atoms. The minimum Gasteiger partial charge on any atom is -0.376 e. The topological polar surface area (TPSA) is 82.2 Å². The van der Waals surface area contributed by atoms with Gasteiger partial charge in [-0.1, -0.05) is 5.16 Å². The van der Waals surface area contributed by atoms with E-state index in [2.05, 4.69) is 15.6 Å². The predicted octanol–water partition coefficient (Wildman–Crippen LogP) is 2.00. The third-order valence-corrected chi connectivity index (χ3v) is 3.55. The Bertz CT molecular complexity index is 613. The summed E-state index contributed by atoms with van der Waals surface area (Å²) in [5, 5.41) is 10.6. The first kappa shape index (κ1) is 13.8. The quantitative estimate of drug-likeness (QED) is 0.931. The van der Waals surface area contributed by atoms with E-state index in [1.165, 1.54) is 12.6 Å². The molecule has 1 fully saturated rings. The SMILES string of the molecule is Cc1oncc1C(=O)Nc1cnn(C[C@@H]2CCCCO2)c1. The molecule has 1 amide bonds. The summed E-state index contributed by atoms with van der Waals surface area (Å²) in [5.41, 5.74) is 1.08. The van der Waals surface area contributed by atoms with Crippen LogP contribution in [0.4, 0.5) is 5.69 Å². The molecule has 0 aromatic carbocycles. The minimum atomic E-state index is -0.248. The van der Waals surface area contributed by atoms with Gasteiger partial charge in [-0.05, 0) is 26.2 Å². The zero-order valence-corrected chi connectivity index (χ0v) is 11.9. The number of nitrogens with one attached hydrogen (secondary N) is 1. The van der Waals surface area contributed by atoms with Crippen LogP contribution in [0, 0.1) is 6.92 Å². The number of aryl methyl sites for hydroxylation is 1. The molecule has 2 aromatic heterocycles. The summed E-state index contributed by atoms with van der Waals surface area (Å²) in [5.74, 6) is 0.248. The fraction of sp³-hybridized carbons (Fsp3) is 0.500. The van der Waals surface area contributed by atoms with Crippen LogP contribution < -0.4 is 5.32 Å². The minimum absolute atomic E-state index is 0.211. The Labute approximate surface area is 122 Å². The molecule has 1 aliphatic rings. The second-order valence-electron chi connectivity index (χ2n) is 5.19. The van der Waals surface area contributed by atoms with E-state index in [-0.39, 0.29) is 12.0 Å². The highest BCUT2D eigenvalue weighted by Crippen LogP contribution is 2.16. The van der Waals surface area contributed by atoms with E-state index in [1.807, 2.05) is 0 Å². The zero-order valence-electron chi connectivity index (χ0n) is 11.9. The van der Waals surface area contributed by atoms with E-state index in [0.29, 0.717) is 23.6 Å². The van der Waals surface area contributed by atoms with E-state index in [0.717, 1.165) is 19.4 Å². The molecule has 0 spiro atoms. The van der Waals surface area contributed by atoms with E-state index < -0.39 is 0 Å². The summed E-state index contributed by atoms with van der Waals surface area (Å²) in [7, 11) is 0. The maximum absolute atomic E-state index is 12.0. The largest absolute Gasteiger partial charge is 0.376 e. The van der Waals surface area contributed by atoms with Gasteiger partial charge in [-0.2, -0.15) is 5.10 Å². The predicted molar refractivity (Wildman–Crippen MR) is 75.0 cm³/mol. The first-order chi connectivity index (χ1) is 10.2. The van der Waals surface area contributed by atoms with Gasteiger partial charge in [0.2, 0.25) is 0 Å². The third-order valence-electron chi connectivity index (χ3n) is 3.55. The Morgan fingerprint density at radius 2 is 2.38 bits per heavy atom. The Kier molecular flexibility index (Phi) is 4.01. The van der Waals surface area contributed by atoms with Gasteiger partial charge in [-0.25, -0.2) is 0 Å². The van der Waals surface area contributed by atoms with E-state index in [9.17, 15) is 4.79 Å². The van der Waals surface area contributed by atoms with Gasteiger partial charge in [0.15, 0.2) is 0 Å². The van der Waals surface area contributed by atoms with Crippen LogP contribution in [0.3, 0.4) is 0 Å². The van der Waals surface area contributed by atoms with Crippen LogP contribution in [0.1, 0.15) is 35.4 Å². The van der Waals surface area contributed by atoms with Crippen molar-refractivity contribution in [1.29, 1.82) is 0 Å². The van der Waals surface area contributed by atoms with Crippen molar-refractivity contribution in [2.45, 2.75) is 38.8 Å². The van der Waals surface area contributed by atoms with E-state index in [4.69, 9.17) is 9.26 Å². The lowest BCUT2D eigenvalue weighted by molar-refractivity contribution is 0.00401. The molecule has 1 saturated heterocycles. The van der Waals surface area contributed by atoms with Crippen LogP contribution >= 0.6 is 0 Å². The number of anilines is 1. The maximum Gasteiger partial charge on any atom is 0.260 e. The van der Waals surface area contributed by atoms with Crippen molar-refractivity contribution in [2.75, 3.05) is 11.9 Å². The van der Waals surface area contributed by atoms with Crippen LogP contribution in [0.5, 0.6) is 0 Å². The van der Waals surface area contributed by atoms with Crippen molar-refractivity contribution in [3.05, 3.63) is 29.9 Å². The monoisotopic (exact) mass is 290 g/mol. The molecule has 0 aliphatic carbocycles. The van der Waals surface area contributed by atoms with Gasteiger partial charge in [0, 0.05) is 12.8 Å². The van der Waals surface area contributed by atoms with Crippen LogP contribution in [0.2, 0.25) is 0 Å². The van der Waals surface area contributed by atoms with Crippen LogP contribution in [0.15, 0.2) is 23.1 Å². The average Bonchev–Trinajstić information content (AvgIpc) is 3.09. The number of hydrogen-bond donors (Lipinski definition) is 1. The molecule has 7 heteroatoms. The number of carbonyl (C=O) groups is 1. The summed E-state index contributed by atoms with van der Waals surface area (Å²) >= 11 is 0. The zero-order chi connectivity index (χ0) is 14.7. The second-order valence-corrected chi connectivity index (χ2v) is 5.19. The second kappa shape index (κ2) is 6.09. The lowest BCUT2D eigenvalue weighted by atomic mass is 10.1. The van der Waals surface area contributed by atoms with Gasteiger partial charge in [0.25, 0.3) is 5.91 Å². The molecule has 0 radical (unpaired) electrons. The van der Waals surface area contributed by atoms with E-state index >= 15 is 0 Å². The highest BCUT2D eigenvalue weighted by molar-refractivity contribution is 6.04. The van der Waals surface area contributed by atoms with Crippen molar-refractivity contribution in [3.63, 3.8) is 0 Å². The third kappa shape index (κ3) is 3.30. The number of ether oxygens (including phenoxy) is 1. The van der Waals surface area contributed by atoms with Crippen molar-refractivity contribution in [1.82, 2.24) is 14.9 Å². The molecule has 2 aromatic rings.